The fourth-order valence-corrected chi connectivity index (χ4v) is 2.99. The molecule has 1 aromatic carbocycles. The molecular weight excluding hydrogens is 246 g/mol. The van der Waals surface area contributed by atoms with Gasteiger partial charge >= 0.3 is 0 Å². The molecule has 0 saturated carbocycles. The highest BCUT2D eigenvalue weighted by molar-refractivity contribution is 8.14. The quantitative estimate of drug-likeness (QED) is 0.868. The van der Waals surface area contributed by atoms with Gasteiger partial charge in [-0.15, -0.1) is 0 Å². The smallest absolute Gasteiger partial charge is 0.219 e. The van der Waals surface area contributed by atoms with Crippen molar-refractivity contribution in [1.82, 2.24) is 5.32 Å². The highest BCUT2D eigenvalue weighted by atomic mass is 32.2. The molecular formula is C13H17N3OS. The third kappa shape index (κ3) is 3.50. The second kappa shape index (κ2) is 5.91. The molecule has 0 radical (unpaired) electrons. The summed E-state index contributed by atoms with van der Waals surface area (Å²) in [6, 6.07) is 10.3. The maximum Gasteiger partial charge on any atom is 0.219 e. The number of nitrogens with two attached hydrogens (primary N) is 1. The number of amidine groups is 1. The average Bonchev–Trinajstić information content (AvgIpc) is 2.77. The first-order chi connectivity index (χ1) is 8.65. The average molecular weight is 263 g/mol. The Balaban J connectivity index is 1.86. The molecule has 1 amide bonds. The molecule has 1 aromatic rings. The summed E-state index contributed by atoms with van der Waals surface area (Å²) in [5.74, 6) is -0.293. The maximum atomic E-state index is 10.8. The summed E-state index contributed by atoms with van der Waals surface area (Å²) in [6.07, 6.45) is 0.329. The zero-order valence-electron chi connectivity index (χ0n) is 10.3. The van der Waals surface area contributed by atoms with Crippen LogP contribution in [0.1, 0.15) is 24.2 Å². The van der Waals surface area contributed by atoms with Crippen molar-refractivity contribution in [2.75, 3.05) is 6.54 Å². The van der Waals surface area contributed by atoms with Crippen LogP contribution in [0.3, 0.4) is 0 Å². The van der Waals surface area contributed by atoms with Crippen molar-refractivity contribution in [3.8, 4) is 0 Å². The molecule has 18 heavy (non-hydrogen) atoms. The normalized spacial score (nSPS) is 20.3. The van der Waals surface area contributed by atoms with Crippen molar-refractivity contribution < 1.29 is 4.79 Å². The van der Waals surface area contributed by atoms with E-state index in [9.17, 15) is 4.79 Å². The molecule has 1 aliphatic rings. The molecule has 0 fully saturated rings. The van der Waals surface area contributed by atoms with E-state index in [1.165, 1.54) is 5.56 Å². The number of amides is 1. The Morgan fingerprint density at radius 1 is 1.56 bits per heavy atom. The molecule has 1 aliphatic heterocycles. The highest BCUT2D eigenvalue weighted by Gasteiger charge is 2.22. The lowest BCUT2D eigenvalue weighted by Crippen LogP contribution is -2.33. The van der Waals surface area contributed by atoms with Crippen molar-refractivity contribution in [3.63, 3.8) is 0 Å². The van der Waals surface area contributed by atoms with E-state index in [0.29, 0.717) is 11.7 Å². The summed E-state index contributed by atoms with van der Waals surface area (Å²) in [6.45, 7) is 2.71. The number of primary amides is 1. The summed E-state index contributed by atoms with van der Waals surface area (Å²) >= 11 is 1.71. The fourth-order valence-electron chi connectivity index (χ4n) is 1.86. The van der Waals surface area contributed by atoms with Gasteiger partial charge < -0.3 is 11.1 Å². The Bertz CT molecular complexity index is 447. The number of hydrogen-bond acceptors (Lipinski definition) is 4. The number of rotatable bonds is 4. The van der Waals surface area contributed by atoms with E-state index in [0.717, 1.165) is 11.7 Å². The van der Waals surface area contributed by atoms with Gasteiger partial charge in [-0.2, -0.15) is 0 Å². The first kappa shape index (κ1) is 13.0. The van der Waals surface area contributed by atoms with Crippen molar-refractivity contribution in [2.45, 2.75) is 24.6 Å². The number of hydrogen-bond donors (Lipinski definition) is 2. The fraction of sp³-hybridized carbons (Fsp3) is 0.385. The summed E-state index contributed by atoms with van der Waals surface area (Å²) < 4.78 is 0. The lowest BCUT2D eigenvalue weighted by atomic mass is 10.1. The molecule has 0 spiro atoms. The Morgan fingerprint density at radius 2 is 2.28 bits per heavy atom. The Hall–Kier alpha value is -1.49. The zero-order chi connectivity index (χ0) is 13.0. The van der Waals surface area contributed by atoms with Gasteiger partial charge in [0.15, 0.2) is 5.17 Å². The Morgan fingerprint density at radius 3 is 2.94 bits per heavy atom. The largest absolute Gasteiger partial charge is 0.370 e. The molecule has 1 heterocycles. The Labute approximate surface area is 111 Å². The van der Waals surface area contributed by atoms with Crippen LogP contribution in [0.15, 0.2) is 35.3 Å². The molecule has 0 aliphatic carbocycles. The predicted molar refractivity (Wildman–Crippen MR) is 75.5 cm³/mol. The number of carbonyl (C=O) groups excluding carboxylic acids is 1. The van der Waals surface area contributed by atoms with Crippen LogP contribution in [-0.4, -0.2) is 23.7 Å². The van der Waals surface area contributed by atoms with Crippen LogP contribution in [0.25, 0.3) is 0 Å². The van der Waals surface area contributed by atoms with Crippen molar-refractivity contribution >= 4 is 22.8 Å². The van der Waals surface area contributed by atoms with Gasteiger partial charge in [0, 0.05) is 12.5 Å². The first-order valence-electron chi connectivity index (χ1n) is 5.96. The van der Waals surface area contributed by atoms with Crippen molar-refractivity contribution in [3.05, 3.63) is 35.9 Å². The van der Waals surface area contributed by atoms with Crippen LogP contribution in [0.2, 0.25) is 0 Å². The minimum atomic E-state index is -0.293. The van der Waals surface area contributed by atoms with E-state index in [1.54, 1.807) is 11.8 Å². The summed E-state index contributed by atoms with van der Waals surface area (Å²) in [5.41, 5.74) is 6.44. The minimum absolute atomic E-state index is 0.0308. The van der Waals surface area contributed by atoms with Gasteiger partial charge in [-0.25, -0.2) is 0 Å². The van der Waals surface area contributed by atoms with Gasteiger partial charge in [-0.1, -0.05) is 42.1 Å². The van der Waals surface area contributed by atoms with E-state index < -0.39 is 0 Å². The van der Waals surface area contributed by atoms with E-state index in [-0.39, 0.29) is 11.9 Å². The summed E-state index contributed by atoms with van der Waals surface area (Å²) in [5, 5.41) is 4.49. The lowest BCUT2D eigenvalue weighted by Gasteiger charge is -2.13. The molecule has 96 valence electrons. The van der Waals surface area contributed by atoms with Gasteiger partial charge in [-0.3, -0.25) is 9.79 Å². The van der Waals surface area contributed by atoms with E-state index in [1.807, 2.05) is 25.1 Å². The predicted octanol–water partition coefficient (Wildman–Crippen LogP) is 1.68. The van der Waals surface area contributed by atoms with Crippen LogP contribution in [0.4, 0.5) is 0 Å². The van der Waals surface area contributed by atoms with Gasteiger partial charge in [0.1, 0.15) is 0 Å². The number of nitrogens with zero attached hydrogens (tertiary/aromatic N) is 1. The molecule has 0 saturated heterocycles. The third-order valence-electron chi connectivity index (χ3n) is 2.70. The minimum Gasteiger partial charge on any atom is -0.370 e. The topological polar surface area (TPSA) is 67.5 Å². The lowest BCUT2D eigenvalue weighted by molar-refractivity contribution is -0.118. The highest BCUT2D eigenvalue weighted by Crippen LogP contribution is 2.34. The molecule has 2 rings (SSSR count). The molecule has 0 aromatic heterocycles. The molecule has 3 N–H and O–H groups in total. The molecule has 5 heteroatoms. The third-order valence-corrected chi connectivity index (χ3v) is 3.88. The molecule has 2 atom stereocenters. The second-order valence-corrected chi connectivity index (χ2v) is 5.57. The van der Waals surface area contributed by atoms with Gasteiger partial charge in [0.05, 0.1) is 11.8 Å². The monoisotopic (exact) mass is 263 g/mol. The van der Waals surface area contributed by atoms with Crippen molar-refractivity contribution in [1.29, 1.82) is 0 Å². The number of nitrogens with one attached hydrogen (secondary N) is 1. The van der Waals surface area contributed by atoms with E-state index in [4.69, 9.17) is 5.73 Å². The van der Waals surface area contributed by atoms with Gasteiger partial charge in [0.2, 0.25) is 5.91 Å². The standard InChI is InChI=1S/C13H17N3OS/c1-9(7-12(14)17)16-13-15-8-11(18-13)10-5-3-2-4-6-10/h2-6,9,11H,7-8H2,1H3,(H2,14,17)(H,15,16). The second-order valence-electron chi connectivity index (χ2n) is 4.38. The van der Waals surface area contributed by atoms with Crippen LogP contribution in [-0.2, 0) is 4.79 Å². The zero-order valence-corrected chi connectivity index (χ0v) is 11.1. The van der Waals surface area contributed by atoms with Crippen LogP contribution >= 0.6 is 11.8 Å². The summed E-state index contributed by atoms with van der Waals surface area (Å²) in [7, 11) is 0. The number of aliphatic imine (C=N–C) groups is 1. The summed E-state index contributed by atoms with van der Waals surface area (Å²) in [4.78, 5) is 15.3. The number of benzene rings is 1. The van der Waals surface area contributed by atoms with Gasteiger partial charge in [0.25, 0.3) is 0 Å². The van der Waals surface area contributed by atoms with E-state index in [2.05, 4.69) is 22.4 Å². The maximum absolute atomic E-state index is 10.8. The molecule has 4 nitrogen and oxygen atoms in total. The number of carbonyl (C=O) groups is 1. The van der Waals surface area contributed by atoms with Crippen LogP contribution in [0.5, 0.6) is 0 Å². The molecule has 2 unspecified atom stereocenters. The SMILES string of the molecule is CC(CC(N)=O)NC1=NCC(c2ccccc2)S1. The Kier molecular flexibility index (Phi) is 4.25. The van der Waals surface area contributed by atoms with Crippen LogP contribution < -0.4 is 11.1 Å². The molecule has 0 bridgehead atoms. The first-order valence-corrected chi connectivity index (χ1v) is 6.84. The van der Waals surface area contributed by atoms with Crippen molar-refractivity contribution in [2.24, 2.45) is 10.7 Å². The number of thioether (sulfide) groups is 1. The van der Waals surface area contributed by atoms with Gasteiger partial charge in [-0.05, 0) is 12.5 Å². The van der Waals surface area contributed by atoms with Crippen LogP contribution in [0, 0.1) is 0 Å². The van der Waals surface area contributed by atoms with E-state index >= 15 is 0 Å².